The van der Waals surface area contributed by atoms with Crippen LogP contribution in [0.4, 0.5) is 5.69 Å². The van der Waals surface area contributed by atoms with Gasteiger partial charge in [0.05, 0.1) is 0 Å². The summed E-state index contributed by atoms with van der Waals surface area (Å²) in [4.78, 5) is 31.8. The van der Waals surface area contributed by atoms with Crippen LogP contribution < -0.4 is 15.0 Å². The molecule has 8 heteroatoms. The van der Waals surface area contributed by atoms with Gasteiger partial charge in [-0.2, -0.15) is 0 Å². The number of ether oxygens (including phenoxy) is 1. The number of carbonyl (C=O) groups excluding carboxylic acids is 2. The smallest absolute Gasteiger partial charge is 0.251 e. The zero-order valence-corrected chi connectivity index (χ0v) is 23.1. The molecule has 1 aromatic heterocycles. The lowest BCUT2D eigenvalue weighted by atomic mass is 10.0. The Morgan fingerprint density at radius 2 is 1.92 bits per heavy atom. The Kier molecular flexibility index (Phi) is 9.24. The quantitative estimate of drug-likeness (QED) is 0.338. The molecule has 1 aliphatic rings. The third-order valence-corrected chi connectivity index (χ3v) is 7.57. The molecular formula is C29H34ClN3O3S. The maximum absolute atomic E-state index is 14.1. The molecule has 3 aromatic rings. The Morgan fingerprint density at radius 3 is 2.57 bits per heavy atom. The summed E-state index contributed by atoms with van der Waals surface area (Å²) in [7, 11) is 0. The van der Waals surface area contributed by atoms with E-state index in [0.29, 0.717) is 30.4 Å². The highest BCUT2D eigenvalue weighted by Gasteiger charge is 2.38. The number of nitrogens with one attached hydrogen (secondary N) is 1. The second-order valence-electron chi connectivity index (χ2n) is 9.74. The lowest BCUT2D eigenvalue weighted by Crippen LogP contribution is -2.56. The van der Waals surface area contributed by atoms with Crippen LogP contribution in [0.2, 0.25) is 0 Å². The third-order valence-electron chi connectivity index (χ3n) is 6.42. The fraction of sp³-hybridized carbons (Fsp3) is 0.379. The van der Waals surface area contributed by atoms with E-state index in [1.807, 2.05) is 77.9 Å². The SMILES string of the molecule is Cc1cc(Oc2ccccc2)ccc1N(C(=O)CCl)[C@@H](C(=O)N1CCN[C@@H](CC(C)C)C1)c1cccs1. The molecule has 1 aliphatic heterocycles. The largest absolute Gasteiger partial charge is 0.457 e. The van der Waals surface area contributed by atoms with Crippen LogP contribution in [0.25, 0.3) is 0 Å². The highest BCUT2D eigenvalue weighted by atomic mass is 35.5. The average Bonchev–Trinajstić information content (AvgIpc) is 3.42. The van der Waals surface area contributed by atoms with Crippen molar-refractivity contribution in [3.63, 3.8) is 0 Å². The van der Waals surface area contributed by atoms with Crippen LogP contribution in [0.1, 0.15) is 36.8 Å². The lowest BCUT2D eigenvalue weighted by Gasteiger charge is -2.39. The van der Waals surface area contributed by atoms with Gasteiger partial charge in [0.2, 0.25) is 5.91 Å². The molecular weight excluding hydrogens is 506 g/mol. The summed E-state index contributed by atoms with van der Waals surface area (Å²) in [6.07, 6.45) is 0.986. The van der Waals surface area contributed by atoms with Crippen LogP contribution in [-0.2, 0) is 9.59 Å². The molecule has 2 heterocycles. The normalized spacial score (nSPS) is 16.5. The van der Waals surface area contributed by atoms with Crippen molar-refractivity contribution < 1.29 is 14.3 Å². The standard InChI is InChI=1S/C29H34ClN3O3S/c1-20(2)16-22-19-32(14-13-31-22)29(35)28(26-10-7-15-37-26)33(27(34)18-30)25-12-11-24(17-21(25)3)36-23-8-5-4-6-9-23/h4-12,15,17,20,22,28,31H,13-14,16,18-19H2,1-3H3/t22-,28+/m0/s1. The monoisotopic (exact) mass is 539 g/mol. The number of alkyl halides is 1. The number of para-hydroxylation sites is 1. The summed E-state index contributed by atoms with van der Waals surface area (Å²) in [5.74, 6) is 1.28. The fourth-order valence-corrected chi connectivity index (χ4v) is 5.74. The Balaban J connectivity index is 1.67. The first-order valence-electron chi connectivity index (χ1n) is 12.6. The third kappa shape index (κ3) is 6.72. The minimum absolute atomic E-state index is 0.0832. The number of anilines is 1. The summed E-state index contributed by atoms with van der Waals surface area (Å²) >= 11 is 7.59. The van der Waals surface area contributed by atoms with Crippen LogP contribution in [-0.4, -0.2) is 48.3 Å². The van der Waals surface area contributed by atoms with E-state index < -0.39 is 6.04 Å². The van der Waals surface area contributed by atoms with Gasteiger partial charge in [-0.1, -0.05) is 38.1 Å². The predicted octanol–water partition coefficient (Wildman–Crippen LogP) is 6.01. The average molecular weight is 540 g/mol. The van der Waals surface area contributed by atoms with Gasteiger partial charge in [-0.15, -0.1) is 22.9 Å². The van der Waals surface area contributed by atoms with Crippen LogP contribution in [0.3, 0.4) is 0 Å². The maximum atomic E-state index is 14.1. The Labute approximate surface area is 228 Å². The van der Waals surface area contributed by atoms with Gasteiger partial charge in [0.15, 0.2) is 0 Å². The molecule has 1 saturated heterocycles. The zero-order valence-electron chi connectivity index (χ0n) is 21.5. The van der Waals surface area contributed by atoms with Gasteiger partial charge in [0.1, 0.15) is 23.4 Å². The van der Waals surface area contributed by atoms with E-state index in [0.717, 1.165) is 29.2 Å². The molecule has 37 heavy (non-hydrogen) atoms. The van der Waals surface area contributed by atoms with Crippen molar-refractivity contribution in [3.8, 4) is 11.5 Å². The van der Waals surface area contributed by atoms with Crippen LogP contribution in [0.15, 0.2) is 66.0 Å². The number of rotatable bonds is 9. The molecule has 196 valence electrons. The Hall–Kier alpha value is -2.87. The van der Waals surface area contributed by atoms with Crippen molar-refractivity contribution in [1.82, 2.24) is 10.2 Å². The van der Waals surface area contributed by atoms with Crippen LogP contribution in [0.5, 0.6) is 11.5 Å². The summed E-state index contributed by atoms with van der Waals surface area (Å²) in [6.45, 7) is 8.23. The predicted molar refractivity (Wildman–Crippen MR) is 151 cm³/mol. The number of thiophene rings is 1. The molecule has 0 bridgehead atoms. The summed E-state index contributed by atoms with van der Waals surface area (Å²) < 4.78 is 5.99. The number of hydrogen-bond donors (Lipinski definition) is 1. The number of piperazine rings is 1. The van der Waals surface area contributed by atoms with Crippen LogP contribution >= 0.6 is 22.9 Å². The van der Waals surface area contributed by atoms with Crippen molar-refractivity contribution >= 4 is 40.4 Å². The number of hydrogen-bond acceptors (Lipinski definition) is 5. The number of benzene rings is 2. The second-order valence-corrected chi connectivity index (χ2v) is 11.0. The van der Waals surface area contributed by atoms with E-state index in [9.17, 15) is 9.59 Å². The van der Waals surface area contributed by atoms with E-state index in [2.05, 4.69) is 19.2 Å². The van der Waals surface area contributed by atoms with Gasteiger partial charge in [-0.25, -0.2) is 0 Å². The first kappa shape index (κ1) is 27.2. The Bertz CT molecular complexity index is 1190. The number of carbonyl (C=O) groups is 2. The molecule has 0 spiro atoms. The number of halogens is 1. The zero-order chi connectivity index (χ0) is 26.4. The van der Waals surface area contributed by atoms with Gasteiger partial charge < -0.3 is 15.0 Å². The van der Waals surface area contributed by atoms with Gasteiger partial charge in [0.25, 0.3) is 5.91 Å². The number of amides is 2. The number of aryl methyl sites for hydroxylation is 1. The van der Waals surface area contributed by atoms with Gasteiger partial charge in [-0.3, -0.25) is 14.5 Å². The molecule has 2 aromatic carbocycles. The van der Waals surface area contributed by atoms with Gasteiger partial charge in [-0.05, 0) is 66.6 Å². The molecule has 1 fully saturated rings. The second kappa shape index (κ2) is 12.6. The topological polar surface area (TPSA) is 61.9 Å². The molecule has 2 amide bonds. The first-order chi connectivity index (χ1) is 17.9. The molecule has 0 saturated carbocycles. The molecule has 0 radical (unpaired) electrons. The van der Waals surface area contributed by atoms with E-state index in [1.165, 1.54) is 11.3 Å². The highest BCUT2D eigenvalue weighted by molar-refractivity contribution is 7.10. The summed E-state index contributed by atoms with van der Waals surface area (Å²) in [5.41, 5.74) is 1.46. The van der Waals surface area contributed by atoms with E-state index >= 15 is 0 Å². The number of nitrogens with zero attached hydrogens (tertiary/aromatic N) is 2. The van der Waals surface area contributed by atoms with E-state index in [-0.39, 0.29) is 23.7 Å². The van der Waals surface area contributed by atoms with Crippen molar-refractivity contribution in [2.75, 3.05) is 30.4 Å². The van der Waals surface area contributed by atoms with Crippen molar-refractivity contribution in [1.29, 1.82) is 0 Å². The van der Waals surface area contributed by atoms with Crippen molar-refractivity contribution in [2.45, 2.75) is 39.3 Å². The molecule has 6 nitrogen and oxygen atoms in total. The van der Waals surface area contributed by atoms with Gasteiger partial charge >= 0.3 is 0 Å². The van der Waals surface area contributed by atoms with E-state index in [4.69, 9.17) is 16.3 Å². The summed E-state index contributed by atoms with van der Waals surface area (Å²) in [5, 5.41) is 5.46. The molecule has 4 rings (SSSR count). The van der Waals surface area contributed by atoms with Crippen molar-refractivity contribution in [3.05, 3.63) is 76.5 Å². The molecule has 2 atom stereocenters. The van der Waals surface area contributed by atoms with E-state index in [1.54, 1.807) is 4.90 Å². The molecule has 0 aliphatic carbocycles. The molecule has 1 N–H and O–H groups in total. The lowest BCUT2D eigenvalue weighted by molar-refractivity contribution is -0.135. The summed E-state index contributed by atoms with van der Waals surface area (Å²) in [6, 6.07) is 18.3. The Morgan fingerprint density at radius 1 is 1.14 bits per heavy atom. The van der Waals surface area contributed by atoms with Crippen molar-refractivity contribution in [2.24, 2.45) is 5.92 Å². The minimum Gasteiger partial charge on any atom is -0.457 e. The highest BCUT2D eigenvalue weighted by Crippen LogP contribution is 2.36. The fourth-order valence-electron chi connectivity index (χ4n) is 4.80. The first-order valence-corrected chi connectivity index (χ1v) is 14.1. The van der Waals surface area contributed by atoms with Gasteiger partial charge in [0, 0.05) is 36.2 Å². The van der Waals surface area contributed by atoms with Crippen LogP contribution in [0, 0.1) is 12.8 Å². The minimum atomic E-state index is -0.788. The maximum Gasteiger partial charge on any atom is 0.251 e. The molecule has 0 unspecified atom stereocenters.